The molecule has 10 rings (SSSR count). The number of rotatable bonds is 10. The van der Waals surface area contributed by atoms with Crippen LogP contribution in [0.25, 0.3) is 21.5 Å². The van der Waals surface area contributed by atoms with E-state index in [1.54, 1.807) is 29.2 Å². The maximum Gasteiger partial charge on any atom is 0.326 e. The number of carbonyl (C=O) groups is 5. The molecule has 0 bridgehead atoms. The molecule has 62 heavy (non-hydrogen) atoms. The summed E-state index contributed by atoms with van der Waals surface area (Å²) in [6.07, 6.45) is 1.76. The van der Waals surface area contributed by atoms with E-state index in [9.17, 15) is 32.4 Å². The van der Waals surface area contributed by atoms with Crippen molar-refractivity contribution in [3.05, 3.63) is 107 Å². The Balaban J connectivity index is 0.769. The topological polar surface area (TPSA) is 175 Å². The van der Waals surface area contributed by atoms with Gasteiger partial charge >= 0.3 is 10.2 Å². The predicted octanol–water partition coefficient (Wildman–Crippen LogP) is 4.13. The Morgan fingerprint density at radius 1 is 0.855 bits per heavy atom. The molecule has 0 spiro atoms. The van der Waals surface area contributed by atoms with Gasteiger partial charge in [0.1, 0.15) is 42.5 Å². The zero-order valence-corrected chi connectivity index (χ0v) is 34.2. The number of piperidine rings is 2. The van der Waals surface area contributed by atoms with Crippen LogP contribution in [0.5, 0.6) is 11.5 Å². The highest BCUT2D eigenvalue weighted by molar-refractivity contribution is 7.92. The van der Waals surface area contributed by atoms with E-state index < -0.39 is 40.4 Å². The minimum absolute atomic E-state index is 0.0205. The first-order valence-corrected chi connectivity index (χ1v) is 22.0. The van der Waals surface area contributed by atoms with Crippen LogP contribution in [0.1, 0.15) is 53.1 Å². The van der Waals surface area contributed by atoms with Crippen LogP contribution in [-0.4, -0.2) is 99.2 Å². The molecule has 2 N–H and O–H groups in total. The third kappa shape index (κ3) is 7.03. The van der Waals surface area contributed by atoms with Gasteiger partial charge in [-0.15, -0.1) is 0 Å². The SMILES string of the molecule is O=C1CCC(N2C(=O)c3cccc4c(C5CCN(CC(=O)N6CC(Oc7ccc8cc(OCc9ccccc9)c(N9CC(=O)NS9(=O)=O)c(F)c8c7)C6)CC5)ccc2c34)C(=O)N1. The summed E-state index contributed by atoms with van der Waals surface area (Å²) < 4.78 is 56.8. The van der Waals surface area contributed by atoms with Crippen LogP contribution in [0.2, 0.25) is 0 Å². The standard InChI is InChI=1S/C45H41FN6O9S/c46-42-34-20-29(10-9-28(34)19-37(60-25-26-5-2-1-3-6-26)43(42)51-23-39(54)48-62(51,58)59)61-30-21-50(22-30)40(55)24-49-17-15-27(16-18-49)31-11-12-35-41-32(31)7-4-8-33(41)45(57)52(35)36-13-14-38(53)47-44(36)56/h1-12,19-20,27,30,36H,13-18,21-25H2,(H,48,54)(H,47,53,56). The Bertz CT molecular complexity index is 2830. The molecule has 0 saturated carbocycles. The van der Waals surface area contributed by atoms with Gasteiger partial charge in [-0.1, -0.05) is 54.6 Å². The van der Waals surface area contributed by atoms with Gasteiger partial charge in [0.2, 0.25) is 17.7 Å². The third-order valence-electron chi connectivity index (χ3n) is 12.5. The molecule has 0 radical (unpaired) electrons. The summed E-state index contributed by atoms with van der Waals surface area (Å²) in [6, 6.07) is 24.4. The summed E-state index contributed by atoms with van der Waals surface area (Å²) >= 11 is 0. The van der Waals surface area contributed by atoms with E-state index in [1.165, 1.54) is 11.0 Å². The highest BCUT2D eigenvalue weighted by atomic mass is 32.2. The normalized spacial score (nSPS) is 20.5. The average molecular weight is 861 g/mol. The van der Waals surface area contributed by atoms with Crippen molar-refractivity contribution in [1.29, 1.82) is 0 Å². The van der Waals surface area contributed by atoms with Gasteiger partial charge < -0.3 is 14.4 Å². The first-order chi connectivity index (χ1) is 29.9. The number of benzene rings is 5. The van der Waals surface area contributed by atoms with Crippen molar-refractivity contribution >= 4 is 72.7 Å². The van der Waals surface area contributed by atoms with Crippen molar-refractivity contribution in [2.75, 3.05) is 48.5 Å². The van der Waals surface area contributed by atoms with Gasteiger partial charge in [0.05, 0.1) is 25.3 Å². The molecule has 0 aliphatic carbocycles. The molecular weight excluding hydrogens is 820 g/mol. The number of hydrogen-bond acceptors (Lipinski definition) is 10. The van der Waals surface area contributed by atoms with E-state index in [4.69, 9.17) is 9.47 Å². The van der Waals surface area contributed by atoms with Crippen molar-refractivity contribution in [3.63, 3.8) is 0 Å². The van der Waals surface area contributed by atoms with E-state index in [-0.39, 0.29) is 72.6 Å². The molecule has 4 fully saturated rings. The van der Waals surface area contributed by atoms with Crippen LogP contribution in [0.3, 0.4) is 0 Å². The van der Waals surface area contributed by atoms with E-state index >= 15 is 4.39 Å². The lowest BCUT2D eigenvalue weighted by Crippen LogP contribution is -2.58. The highest BCUT2D eigenvalue weighted by Gasteiger charge is 2.42. The number of nitrogens with one attached hydrogen (secondary N) is 2. The number of fused-ring (bicyclic) bond motifs is 1. The van der Waals surface area contributed by atoms with Crippen molar-refractivity contribution < 1.29 is 46.3 Å². The van der Waals surface area contributed by atoms with Gasteiger partial charge in [-0.3, -0.25) is 39.1 Å². The van der Waals surface area contributed by atoms with Gasteiger partial charge in [0.15, 0.2) is 5.82 Å². The highest BCUT2D eigenvalue weighted by Crippen LogP contribution is 2.45. The number of nitrogens with zero attached hydrogens (tertiary/aromatic N) is 4. The maximum atomic E-state index is 16.4. The molecule has 318 valence electrons. The second-order valence-electron chi connectivity index (χ2n) is 16.4. The fraction of sp³-hybridized carbons (Fsp3) is 0.311. The number of hydrogen-bond donors (Lipinski definition) is 2. The molecule has 5 amide bonds. The number of halogens is 1. The molecule has 1 atom stereocenters. The lowest BCUT2D eigenvalue weighted by atomic mass is 9.85. The Labute approximate surface area is 355 Å². The number of imide groups is 1. The van der Waals surface area contributed by atoms with Crippen LogP contribution in [-0.2, 0) is 36.0 Å². The maximum absolute atomic E-state index is 16.4. The minimum Gasteiger partial charge on any atom is -0.487 e. The number of amides is 5. The lowest BCUT2D eigenvalue weighted by molar-refractivity contribution is -0.141. The van der Waals surface area contributed by atoms with Crippen LogP contribution < -0.4 is 28.7 Å². The smallest absolute Gasteiger partial charge is 0.326 e. The van der Waals surface area contributed by atoms with Crippen LogP contribution in [0, 0.1) is 5.82 Å². The van der Waals surface area contributed by atoms with E-state index in [0.29, 0.717) is 52.9 Å². The fourth-order valence-corrected chi connectivity index (χ4v) is 10.5. The minimum atomic E-state index is -4.36. The van der Waals surface area contributed by atoms with Gasteiger partial charge in [0.25, 0.3) is 11.8 Å². The van der Waals surface area contributed by atoms with E-state index in [0.717, 1.165) is 34.7 Å². The Kier molecular flexibility index (Phi) is 9.82. The zero-order valence-electron chi connectivity index (χ0n) is 33.3. The second-order valence-corrected chi connectivity index (χ2v) is 18.0. The molecule has 5 aromatic rings. The fourth-order valence-electron chi connectivity index (χ4n) is 9.32. The van der Waals surface area contributed by atoms with E-state index in [1.807, 2.05) is 59.3 Å². The first kappa shape index (κ1) is 39.5. The van der Waals surface area contributed by atoms with Crippen molar-refractivity contribution in [2.24, 2.45) is 0 Å². The molecule has 1 unspecified atom stereocenters. The summed E-state index contributed by atoms with van der Waals surface area (Å²) in [5.41, 5.74) is 2.77. The van der Waals surface area contributed by atoms with Crippen molar-refractivity contribution in [3.8, 4) is 11.5 Å². The molecule has 17 heteroatoms. The molecular formula is C45H41FN6O9S. The second kappa shape index (κ2) is 15.4. The quantitative estimate of drug-likeness (QED) is 0.195. The van der Waals surface area contributed by atoms with Crippen LogP contribution in [0.15, 0.2) is 84.9 Å². The summed E-state index contributed by atoms with van der Waals surface area (Å²) in [6.45, 7) is 1.81. The summed E-state index contributed by atoms with van der Waals surface area (Å²) in [5, 5.41) is 4.69. The third-order valence-corrected chi connectivity index (χ3v) is 13.8. The molecule has 5 heterocycles. The zero-order chi connectivity index (χ0) is 42.9. The lowest BCUT2D eigenvalue weighted by Gasteiger charge is -2.41. The van der Waals surface area contributed by atoms with Crippen molar-refractivity contribution in [1.82, 2.24) is 19.8 Å². The molecule has 5 aliphatic rings. The average Bonchev–Trinajstić information content (AvgIpc) is 3.69. The summed E-state index contributed by atoms with van der Waals surface area (Å²) in [4.78, 5) is 69.1. The summed E-state index contributed by atoms with van der Waals surface area (Å²) in [7, 11) is -4.36. The summed E-state index contributed by atoms with van der Waals surface area (Å²) in [5.74, 6) is -2.21. The van der Waals surface area contributed by atoms with Crippen molar-refractivity contribution in [2.45, 2.75) is 50.4 Å². The first-order valence-electron chi connectivity index (χ1n) is 20.6. The van der Waals surface area contributed by atoms with E-state index in [2.05, 4.69) is 10.2 Å². The number of carbonyl (C=O) groups excluding carboxylic acids is 5. The molecule has 0 aromatic heterocycles. The predicted molar refractivity (Wildman–Crippen MR) is 225 cm³/mol. The Hall–Kier alpha value is -6.59. The molecule has 4 saturated heterocycles. The van der Waals surface area contributed by atoms with Gasteiger partial charge in [-0.25, -0.2) is 13.4 Å². The number of ether oxygens (including phenoxy) is 2. The monoisotopic (exact) mass is 860 g/mol. The largest absolute Gasteiger partial charge is 0.487 e. The molecule has 5 aliphatic heterocycles. The van der Waals surface area contributed by atoms with Gasteiger partial charge in [-0.2, -0.15) is 8.42 Å². The number of likely N-dealkylation sites (tertiary alicyclic amines) is 2. The van der Waals surface area contributed by atoms with Crippen LogP contribution in [0.4, 0.5) is 15.8 Å². The number of anilines is 2. The Morgan fingerprint density at radius 3 is 2.39 bits per heavy atom. The molecule has 5 aromatic carbocycles. The van der Waals surface area contributed by atoms with Crippen LogP contribution >= 0.6 is 0 Å². The molecule has 15 nitrogen and oxygen atoms in total. The van der Waals surface area contributed by atoms with Gasteiger partial charge in [0, 0.05) is 22.8 Å². The van der Waals surface area contributed by atoms with Gasteiger partial charge in [-0.05, 0) is 90.5 Å². The Morgan fingerprint density at radius 2 is 1.65 bits per heavy atom.